The Hall–Kier alpha value is -0.590. The molecule has 0 aliphatic heterocycles. The van der Waals surface area contributed by atoms with E-state index in [4.69, 9.17) is 14.7 Å². The van der Waals surface area contributed by atoms with Crippen LogP contribution in [0.25, 0.3) is 0 Å². The summed E-state index contributed by atoms with van der Waals surface area (Å²) in [4.78, 5) is 0. The van der Waals surface area contributed by atoms with Crippen molar-refractivity contribution >= 4 is 0 Å². The summed E-state index contributed by atoms with van der Waals surface area (Å²) < 4.78 is 12.6. The minimum Gasteiger partial charge on any atom is -0.352 e. The highest BCUT2D eigenvalue weighted by atomic mass is 16.7. The second-order valence-corrected chi connectivity index (χ2v) is 9.71. The third kappa shape index (κ3) is 4.06. The molecule has 3 nitrogen and oxygen atoms in total. The van der Waals surface area contributed by atoms with Gasteiger partial charge in [-0.1, -0.05) is 0 Å². The number of hydrogen-bond donors (Lipinski definition) is 0. The molecule has 25 heavy (non-hydrogen) atoms. The molecule has 6 saturated carbocycles. The highest BCUT2D eigenvalue weighted by Crippen LogP contribution is 2.51. The molecule has 6 fully saturated rings. The summed E-state index contributed by atoms with van der Waals surface area (Å²) in [6.45, 7) is 1.70. The van der Waals surface area contributed by atoms with E-state index in [1.165, 1.54) is 77.0 Å². The zero-order valence-corrected chi connectivity index (χ0v) is 15.8. The van der Waals surface area contributed by atoms with Crippen LogP contribution in [0.1, 0.15) is 89.9 Å². The van der Waals surface area contributed by atoms with Gasteiger partial charge >= 0.3 is 0 Å². The monoisotopic (exact) mass is 345 g/mol. The second-order valence-electron chi connectivity index (χ2n) is 9.71. The molecule has 140 valence electrons. The standard InChI is InChI=1S/C22H35NO2/c23-15-1-2-20(24-16-21-9-3-18(4-10-21)5-11-21)25-17-22-12-6-19(7-13-22)8-14-22/h18-20H,1-14,16-17H2. The van der Waals surface area contributed by atoms with E-state index in [-0.39, 0.29) is 6.29 Å². The van der Waals surface area contributed by atoms with Gasteiger partial charge in [0.25, 0.3) is 0 Å². The molecule has 0 atom stereocenters. The molecule has 4 bridgehead atoms. The maximum atomic E-state index is 8.99. The molecule has 0 unspecified atom stereocenters. The van der Waals surface area contributed by atoms with Crippen molar-refractivity contribution in [3.63, 3.8) is 0 Å². The minimum absolute atomic E-state index is 0.164. The summed E-state index contributed by atoms with van der Waals surface area (Å²) in [7, 11) is 0. The lowest BCUT2D eigenvalue weighted by molar-refractivity contribution is -0.195. The van der Waals surface area contributed by atoms with Crippen molar-refractivity contribution in [2.45, 2.75) is 96.2 Å². The fourth-order valence-electron chi connectivity index (χ4n) is 6.05. The zero-order valence-electron chi connectivity index (χ0n) is 15.8. The normalized spacial score (nSPS) is 40.8. The lowest BCUT2D eigenvalue weighted by atomic mass is 9.61. The first-order chi connectivity index (χ1) is 12.2. The Morgan fingerprint density at radius 1 is 0.760 bits per heavy atom. The van der Waals surface area contributed by atoms with Crippen molar-refractivity contribution in [3.05, 3.63) is 0 Å². The molecule has 0 spiro atoms. The van der Waals surface area contributed by atoms with Crippen LogP contribution in [-0.4, -0.2) is 19.5 Å². The SMILES string of the molecule is N#CCCC(OCC12CCC(CC1)CC2)OCC12CCC(CC1)CC2. The summed E-state index contributed by atoms with van der Waals surface area (Å²) in [6.07, 6.45) is 17.6. The van der Waals surface area contributed by atoms with E-state index in [1.807, 2.05) is 0 Å². The van der Waals surface area contributed by atoms with Gasteiger partial charge in [0, 0.05) is 12.8 Å². The fourth-order valence-corrected chi connectivity index (χ4v) is 6.05. The molecule has 0 aromatic carbocycles. The van der Waals surface area contributed by atoms with Gasteiger partial charge in [0.15, 0.2) is 6.29 Å². The summed E-state index contributed by atoms with van der Waals surface area (Å²) in [5.74, 6) is 1.99. The fraction of sp³-hybridized carbons (Fsp3) is 0.955. The Morgan fingerprint density at radius 2 is 1.16 bits per heavy atom. The Balaban J connectivity index is 1.29. The Kier molecular flexibility index (Phi) is 5.39. The van der Waals surface area contributed by atoms with Crippen LogP contribution in [0.3, 0.4) is 0 Å². The summed E-state index contributed by atoms with van der Waals surface area (Å²) in [6, 6.07) is 2.28. The Labute approximate surface area is 153 Å². The van der Waals surface area contributed by atoms with Crippen LogP contribution in [0, 0.1) is 34.0 Å². The van der Waals surface area contributed by atoms with Crippen molar-refractivity contribution < 1.29 is 9.47 Å². The lowest BCUT2D eigenvalue weighted by Gasteiger charge is -2.48. The van der Waals surface area contributed by atoms with Gasteiger partial charge in [0.05, 0.1) is 19.3 Å². The van der Waals surface area contributed by atoms with Gasteiger partial charge in [-0.3, -0.25) is 0 Å². The number of nitriles is 1. The molecule has 0 aromatic rings. The smallest absolute Gasteiger partial charge is 0.158 e. The Morgan fingerprint density at radius 3 is 1.52 bits per heavy atom. The minimum atomic E-state index is -0.164. The predicted octanol–water partition coefficient (Wildman–Crippen LogP) is 5.59. The first-order valence-electron chi connectivity index (χ1n) is 10.8. The third-order valence-corrected chi connectivity index (χ3v) is 8.14. The topological polar surface area (TPSA) is 42.2 Å². The molecule has 6 aliphatic carbocycles. The van der Waals surface area contributed by atoms with E-state index in [0.717, 1.165) is 31.5 Å². The molecule has 6 rings (SSSR count). The summed E-state index contributed by atoms with van der Waals surface area (Å²) >= 11 is 0. The quantitative estimate of drug-likeness (QED) is 0.538. The third-order valence-electron chi connectivity index (χ3n) is 8.14. The number of hydrogen-bond acceptors (Lipinski definition) is 3. The highest BCUT2D eigenvalue weighted by Gasteiger charge is 2.42. The first kappa shape index (κ1) is 17.8. The average Bonchev–Trinajstić information content (AvgIpc) is 2.70. The van der Waals surface area contributed by atoms with Crippen LogP contribution in [0.2, 0.25) is 0 Å². The van der Waals surface area contributed by atoms with Crippen LogP contribution in [-0.2, 0) is 9.47 Å². The van der Waals surface area contributed by atoms with Crippen molar-refractivity contribution in [3.8, 4) is 6.07 Å². The molecular formula is C22H35NO2. The van der Waals surface area contributed by atoms with Crippen molar-refractivity contribution in [1.82, 2.24) is 0 Å². The molecule has 0 N–H and O–H groups in total. The molecule has 0 heterocycles. The Bertz CT molecular complexity index is 417. The average molecular weight is 346 g/mol. The van der Waals surface area contributed by atoms with E-state index >= 15 is 0 Å². The van der Waals surface area contributed by atoms with Gasteiger partial charge < -0.3 is 9.47 Å². The summed E-state index contributed by atoms with van der Waals surface area (Å²) in [5, 5.41) is 8.99. The lowest BCUT2D eigenvalue weighted by Crippen LogP contribution is -2.41. The number of rotatable bonds is 8. The van der Waals surface area contributed by atoms with Gasteiger partial charge in [-0.15, -0.1) is 0 Å². The molecule has 0 saturated heterocycles. The molecule has 0 amide bonds. The van der Waals surface area contributed by atoms with Gasteiger partial charge in [0.1, 0.15) is 0 Å². The van der Waals surface area contributed by atoms with Crippen molar-refractivity contribution in [1.29, 1.82) is 5.26 Å². The van der Waals surface area contributed by atoms with Gasteiger partial charge in [-0.2, -0.15) is 5.26 Å². The van der Waals surface area contributed by atoms with Gasteiger partial charge in [-0.25, -0.2) is 0 Å². The number of nitrogens with zero attached hydrogens (tertiary/aromatic N) is 1. The van der Waals surface area contributed by atoms with Crippen LogP contribution < -0.4 is 0 Å². The predicted molar refractivity (Wildman–Crippen MR) is 97.8 cm³/mol. The first-order valence-corrected chi connectivity index (χ1v) is 10.8. The van der Waals surface area contributed by atoms with Crippen molar-refractivity contribution in [2.24, 2.45) is 22.7 Å². The van der Waals surface area contributed by atoms with Crippen LogP contribution in [0.15, 0.2) is 0 Å². The van der Waals surface area contributed by atoms with E-state index in [9.17, 15) is 0 Å². The zero-order chi connectivity index (χ0) is 17.2. The van der Waals surface area contributed by atoms with E-state index in [1.54, 1.807) is 0 Å². The molecule has 6 aliphatic rings. The van der Waals surface area contributed by atoms with Crippen molar-refractivity contribution in [2.75, 3.05) is 13.2 Å². The molecular weight excluding hydrogens is 310 g/mol. The maximum Gasteiger partial charge on any atom is 0.158 e. The van der Waals surface area contributed by atoms with Crippen LogP contribution in [0.5, 0.6) is 0 Å². The second kappa shape index (κ2) is 7.57. The van der Waals surface area contributed by atoms with Crippen LogP contribution in [0.4, 0.5) is 0 Å². The molecule has 0 radical (unpaired) electrons. The van der Waals surface area contributed by atoms with Gasteiger partial charge in [0.2, 0.25) is 0 Å². The van der Waals surface area contributed by atoms with E-state index < -0.39 is 0 Å². The summed E-state index contributed by atoms with van der Waals surface area (Å²) in [5.41, 5.74) is 0.842. The van der Waals surface area contributed by atoms with Gasteiger partial charge in [-0.05, 0) is 99.7 Å². The highest BCUT2D eigenvalue weighted by molar-refractivity contribution is 4.93. The molecule has 3 heteroatoms. The largest absolute Gasteiger partial charge is 0.352 e. The number of fused-ring (bicyclic) bond motifs is 6. The van der Waals surface area contributed by atoms with E-state index in [2.05, 4.69) is 6.07 Å². The van der Waals surface area contributed by atoms with E-state index in [0.29, 0.717) is 17.3 Å². The molecule has 0 aromatic heterocycles. The maximum absolute atomic E-state index is 8.99. The number of ether oxygens (including phenoxy) is 2. The van der Waals surface area contributed by atoms with Crippen LogP contribution >= 0.6 is 0 Å².